The minimum atomic E-state index is 0.640. The summed E-state index contributed by atoms with van der Waals surface area (Å²) in [7, 11) is 2.04. The van der Waals surface area contributed by atoms with Crippen molar-refractivity contribution in [1.29, 1.82) is 0 Å². The summed E-state index contributed by atoms with van der Waals surface area (Å²) in [5, 5.41) is 3.60. The van der Waals surface area contributed by atoms with Crippen LogP contribution in [0.15, 0.2) is 36.7 Å². The van der Waals surface area contributed by atoms with E-state index < -0.39 is 0 Å². The van der Waals surface area contributed by atoms with E-state index in [4.69, 9.17) is 0 Å². The van der Waals surface area contributed by atoms with E-state index in [-0.39, 0.29) is 0 Å². The molecule has 3 heteroatoms. The largest absolute Gasteiger partial charge is 0.337 e. The van der Waals surface area contributed by atoms with Crippen LogP contribution in [0.2, 0.25) is 0 Å². The van der Waals surface area contributed by atoms with Gasteiger partial charge in [0.2, 0.25) is 0 Å². The molecule has 0 amide bonds. The van der Waals surface area contributed by atoms with Crippen molar-refractivity contribution in [2.45, 2.75) is 38.3 Å². The summed E-state index contributed by atoms with van der Waals surface area (Å²) in [6.45, 7) is 3.08. The SMILES string of the molecule is Cc1ccccc1C1CC(NCc2nccn2C)C1. The Hall–Kier alpha value is -1.61. The van der Waals surface area contributed by atoms with Crippen LogP contribution in [0.5, 0.6) is 0 Å². The van der Waals surface area contributed by atoms with Gasteiger partial charge in [-0.1, -0.05) is 24.3 Å². The van der Waals surface area contributed by atoms with Crippen molar-refractivity contribution < 1.29 is 0 Å². The van der Waals surface area contributed by atoms with Gasteiger partial charge in [-0.2, -0.15) is 0 Å². The molecule has 1 aromatic heterocycles. The molecule has 0 atom stereocenters. The van der Waals surface area contributed by atoms with Gasteiger partial charge in [-0.3, -0.25) is 0 Å². The van der Waals surface area contributed by atoms with Crippen molar-refractivity contribution in [2.75, 3.05) is 0 Å². The number of aromatic nitrogens is 2. The van der Waals surface area contributed by atoms with Gasteiger partial charge in [0.1, 0.15) is 5.82 Å². The molecular weight excluding hydrogens is 234 g/mol. The summed E-state index contributed by atoms with van der Waals surface area (Å²) in [6, 6.07) is 9.39. The van der Waals surface area contributed by atoms with Crippen molar-refractivity contribution in [2.24, 2.45) is 7.05 Å². The molecule has 0 aliphatic heterocycles. The van der Waals surface area contributed by atoms with Crippen LogP contribution in [-0.2, 0) is 13.6 Å². The van der Waals surface area contributed by atoms with Crippen LogP contribution in [-0.4, -0.2) is 15.6 Å². The quantitative estimate of drug-likeness (QED) is 0.910. The zero-order chi connectivity index (χ0) is 13.2. The van der Waals surface area contributed by atoms with Crippen molar-refractivity contribution in [3.8, 4) is 0 Å². The number of nitrogens with zero attached hydrogens (tertiary/aromatic N) is 2. The standard InChI is InChI=1S/C16H21N3/c1-12-5-3-4-6-15(12)13-9-14(10-13)18-11-16-17-7-8-19(16)2/h3-8,13-14,18H,9-11H2,1-2H3. The van der Waals surface area contributed by atoms with Gasteiger partial charge in [-0.25, -0.2) is 4.98 Å². The first-order valence-corrected chi connectivity index (χ1v) is 6.99. The fraction of sp³-hybridized carbons (Fsp3) is 0.438. The molecule has 0 saturated heterocycles. The van der Waals surface area contributed by atoms with Crippen molar-refractivity contribution in [1.82, 2.24) is 14.9 Å². The summed E-state index contributed by atoms with van der Waals surface area (Å²) in [5.74, 6) is 1.85. The molecule has 0 unspecified atom stereocenters. The minimum Gasteiger partial charge on any atom is -0.337 e. The minimum absolute atomic E-state index is 0.640. The second kappa shape index (κ2) is 5.17. The maximum atomic E-state index is 4.34. The molecule has 1 saturated carbocycles. The Morgan fingerprint density at radius 2 is 2.11 bits per heavy atom. The van der Waals surface area contributed by atoms with Gasteiger partial charge in [0, 0.05) is 25.5 Å². The van der Waals surface area contributed by atoms with Crippen LogP contribution >= 0.6 is 0 Å². The van der Waals surface area contributed by atoms with E-state index in [9.17, 15) is 0 Å². The Morgan fingerprint density at radius 1 is 1.32 bits per heavy atom. The Bertz CT molecular complexity index is 553. The number of aryl methyl sites for hydroxylation is 2. The highest BCUT2D eigenvalue weighted by Crippen LogP contribution is 2.38. The fourth-order valence-corrected chi connectivity index (χ4v) is 2.89. The molecule has 1 fully saturated rings. The summed E-state index contributed by atoms with van der Waals surface area (Å²) in [6.07, 6.45) is 6.34. The monoisotopic (exact) mass is 255 g/mol. The third kappa shape index (κ3) is 2.56. The molecule has 0 bridgehead atoms. The topological polar surface area (TPSA) is 29.9 Å². The second-order valence-corrected chi connectivity index (χ2v) is 5.56. The van der Waals surface area contributed by atoms with E-state index in [2.05, 4.69) is 46.1 Å². The van der Waals surface area contributed by atoms with Crippen molar-refractivity contribution in [3.63, 3.8) is 0 Å². The van der Waals surface area contributed by atoms with Gasteiger partial charge in [0.15, 0.2) is 0 Å². The Kier molecular flexibility index (Phi) is 3.38. The number of nitrogens with one attached hydrogen (secondary N) is 1. The molecule has 3 rings (SSSR count). The second-order valence-electron chi connectivity index (χ2n) is 5.56. The Balaban J connectivity index is 1.51. The number of hydrogen-bond acceptors (Lipinski definition) is 2. The normalized spacial score (nSPS) is 22.2. The highest BCUT2D eigenvalue weighted by atomic mass is 15.1. The van der Waals surface area contributed by atoms with Gasteiger partial charge >= 0.3 is 0 Å². The van der Waals surface area contributed by atoms with Crippen molar-refractivity contribution >= 4 is 0 Å². The van der Waals surface area contributed by atoms with Crippen LogP contribution < -0.4 is 5.32 Å². The predicted octanol–water partition coefficient (Wildman–Crippen LogP) is 2.76. The summed E-state index contributed by atoms with van der Waals surface area (Å²) in [4.78, 5) is 4.34. The first kappa shape index (κ1) is 12.4. The molecule has 19 heavy (non-hydrogen) atoms. The molecule has 2 aromatic rings. The van der Waals surface area contributed by atoms with Gasteiger partial charge < -0.3 is 9.88 Å². The summed E-state index contributed by atoms with van der Waals surface area (Å²) >= 11 is 0. The lowest BCUT2D eigenvalue weighted by Gasteiger charge is -2.37. The van der Waals surface area contributed by atoms with E-state index in [1.54, 1.807) is 0 Å². The molecule has 1 aliphatic rings. The van der Waals surface area contributed by atoms with E-state index in [0.717, 1.165) is 18.3 Å². The van der Waals surface area contributed by atoms with Crippen LogP contribution in [0.25, 0.3) is 0 Å². The van der Waals surface area contributed by atoms with Gasteiger partial charge in [0.25, 0.3) is 0 Å². The van der Waals surface area contributed by atoms with Gasteiger partial charge in [-0.15, -0.1) is 0 Å². The van der Waals surface area contributed by atoms with Crippen LogP contribution in [0.3, 0.4) is 0 Å². The predicted molar refractivity (Wildman–Crippen MR) is 77.0 cm³/mol. The Morgan fingerprint density at radius 3 is 2.79 bits per heavy atom. The molecule has 1 aromatic carbocycles. The maximum absolute atomic E-state index is 4.34. The first-order chi connectivity index (χ1) is 9.24. The molecule has 100 valence electrons. The smallest absolute Gasteiger partial charge is 0.122 e. The number of imidazole rings is 1. The van der Waals surface area contributed by atoms with Crippen LogP contribution in [0.1, 0.15) is 35.7 Å². The first-order valence-electron chi connectivity index (χ1n) is 6.99. The van der Waals surface area contributed by atoms with Crippen LogP contribution in [0.4, 0.5) is 0 Å². The number of hydrogen-bond donors (Lipinski definition) is 1. The zero-order valence-electron chi connectivity index (χ0n) is 11.6. The average Bonchev–Trinajstić information content (AvgIpc) is 2.75. The fourth-order valence-electron chi connectivity index (χ4n) is 2.89. The van der Waals surface area contributed by atoms with Gasteiger partial charge in [0.05, 0.1) is 6.54 Å². The van der Waals surface area contributed by atoms with Crippen LogP contribution in [0, 0.1) is 6.92 Å². The van der Waals surface area contributed by atoms with E-state index in [0.29, 0.717) is 6.04 Å². The number of benzene rings is 1. The third-order valence-electron chi connectivity index (χ3n) is 4.24. The highest BCUT2D eigenvalue weighted by Gasteiger charge is 2.30. The summed E-state index contributed by atoms with van der Waals surface area (Å²) in [5.41, 5.74) is 2.95. The molecule has 1 aliphatic carbocycles. The highest BCUT2D eigenvalue weighted by molar-refractivity contribution is 5.31. The average molecular weight is 255 g/mol. The molecule has 0 radical (unpaired) electrons. The maximum Gasteiger partial charge on any atom is 0.122 e. The zero-order valence-corrected chi connectivity index (χ0v) is 11.6. The number of rotatable bonds is 4. The van der Waals surface area contributed by atoms with E-state index in [1.807, 2.05) is 19.4 Å². The molecular formula is C16H21N3. The van der Waals surface area contributed by atoms with E-state index in [1.165, 1.54) is 24.0 Å². The Labute approximate surface area is 114 Å². The molecule has 3 nitrogen and oxygen atoms in total. The lowest BCUT2D eigenvalue weighted by atomic mass is 9.74. The third-order valence-corrected chi connectivity index (χ3v) is 4.24. The molecule has 1 N–H and O–H groups in total. The molecule has 0 spiro atoms. The van der Waals surface area contributed by atoms with Crippen molar-refractivity contribution in [3.05, 3.63) is 53.6 Å². The lowest BCUT2D eigenvalue weighted by Crippen LogP contribution is -2.40. The van der Waals surface area contributed by atoms with E-state index >= 15 is 0 Å². The summed E-state index contributed by atoms with van der Waals surface area (Å²) < 4.78 is 2.07. The van der Waals surface area contributed by atoms with Gasteiger partial charge in [-0.05, 0) is 36.8 Å². The molecule has 1 heterocycles. The lowest BCUT2D eigenvalue weighted by molar-refractivity contribution is 0.286.